The lowest BCUT2D eigenvalue weighted by molar-refractivity contribution is 0.482. The van der Waals surface area contributed by atoms with E-state index in [1.54, 1.807) is 0 Å². The van der Waals surface area contributed by atoms with Crippen LogP contribution >= 0.6 is 0 Å². The Morgan fingerprint density at radius 1 is 0.351 bits per heavy atom. The number of nitrogens with zero attached hydrogens (tertiary/aromatic N) is 2. The van der Waals surface area contributed by atoms with Gasteiger partial charge in [-0.2, -0.15) is 0 Å². The summed E-state index contributed by atoms with van der Waals surface area (Å²) in [5, 5.41) is 6.64. The van der Waals surface area contributed by atoms with Crippen molar-refractivity contribution in [3.8, 4) is 34.1 Å². The molecule has 57 heavy (non-hydrogen) atoms. The zero-order valence-corrected chi connectivity index (χ0v) is 32.0. The van der Waals surface area contributed by atoms with Crippen LogP contribution in [0.25, 0.3) is 11.1 Å². The van der Waals surface area contributed by atoms with Crippen molar-refractivity contribution in [2.75, 3.05) is 34.0 Å². The molecule has 0 spiro atoms. The summed E-state index contributed by atoms with van der Waals surface area (Å²) >= 11 is 0. The van der Waals surface area contributed by atoms with Gasteiger partial charge in [0.25, 0.3) is 0 Å². The lowest BCUT2D eigenvalue weighted by atomic mass is 10.0. The summed E-state index contributed by atoms with van der Waals surface area (Å²) in [5.74, 6) is 3.19. The molecule has 0 unspecified atom stereocenters. The van der Waals surface area contributed by atoms with Gasteiger partial charge in [-0.25, -0.2) is 0 Å². The summed E-state index contributed by atoms with van der Waals surface area (Å²) in [5.41, 5.74) is 10.7. The van der Waals surface area contributed by atoms with Gasteiger partial charge in [0.1, 0.15) is 23.0 Å². The smallest absolute Gasteiger partial charge is 0.127 e. The highest BCUT2D eigenvalue weighted by Gasteiger charge is 2.16. The molecule has 0 aromatic heterocycles. The van der Waals surface area contributed by atoms with Gasteiger partial charge >= 0.3 is 0 Å². The maximum Gasteiger partial charge on any atom is 0.127 e. The highest BCUT2D eigenvalue weighted by Crippen LogP contribution is 2.40. The van der Waals surface area contributed by atoms with Gasteiger partial charge < -0.3 is 29.9 Å². The number of anilines is 8. The van der Waals surface area contributed by atoms with Crippen LogP contribution in [0.5, 0.6) is 23.0 Å². The molecule has 0 aliphatic carbocycles. The SMILES string of the molecule is CCNc1ccc(N(c2ccc(Oc3ccccc3)cc2)c2ccc(-c3ccc(N(c4ccc(NC)cc4)c4ccc(Oc5ccccc5)cc4)cc3)cc2)cc1. The van der Waals surface area contributed by atoms with Gasteiger partial charge in [0.05, 0.1) is 0 Å². The Bertz CT molecular complexity index is 2450. The van der Waals surface area contributed by atoms with Crippen LogP contribution in [-0.4, -0.2) is 13.6 Å². The second kappa shape index (κ2) is 17.4. The first-order valence-electron chi connectivity index (χ1n) is 19.2. The van der Waals surface area contributed by atoms with E-state index in [1.165, 1.54) is 0 Å². The van der Waals surface area contributed by atoms with E-state index in [1.807, 2.05) is 92.0 Å². The standard InChI is InChI=1S/C51H44N4O2/c1-3-53-41-20-28-45(29-21-41)55(47-32-36-51(37-33-47)57-49-12-8-5-9-13-49)43-24-16-39(17-25-43)38-14-22-42(23-15-38)54(44-26-18-40(52-2)19-27-44)46-30-34-50(35-31-46)56-48-10-6-4-7-11-48/h4-37,52-53H,3H2,1-2H3. The van der Waals surface area contributed by atoms with Crippen molar-refractivity contribution in [2.24, 2.45) is 0 Å². The minimum Gasteiger partial charge on any atom is -0.457 e. The van der Waals surface area contributed by atoms with E-state index in [-0.39, 0.29) is 0 Å². The fraction of sp³-hybridized carbons (Fsp3) is 0.0588. The second-order valence-electron chi connectivity index (χ2n) is 13.5. The molecule has 0 amide bonds. The third-order valence-corrected chi connectivity index (χ3v) is 9.65. The first-order chi connectivity index (χ1) is 28.1. The van der Waals surface area contributed by atoms with E-state index in [0.717, 1.165) is 86.2 Å². The molecule has 6 nitrogen and oxygen atoms in total. The zero-order chi connectivity index (χ0) is 38.8. The second-order valence-corrected chi connectivity index (χ2v) is 13.5. The molecule has 0 bridgehead atoms. The Hall–Kier alpha value is -7.44. The van der Waals surface area contributed by atoms with E-state index >= 15 is 0 Å². The van der Waals surface area contributed by atoms with Gasteiger partial charge in [0, 0.05) is 59.1 Å². The molecule has 0 aliphatic heterocycles. The fourth-order valence-corrected chi connectivity index (χ4v) is 6.79. The molecule has 0 radical (unpaired) electrons. The molecule has 8 aromatic carbocycles. The predicted molar refractivity (Wildman–Crippen MR) is 238 cm³/mol. The van der Waals surface area contributed by atoms with Gasteiger partial charge in [-0.15, -0.1) is 0 Å². The summed E-state index contributed by atoms with van der Waals surface area (Å²) in [6.07, 6.45) is 0. The van der Waals surface area contributed by atoms with Crippen molar-refractivity contribution in [1.29, 1.82) is 0 Å². The molecule has 0 aliphatic rings. The van der Waals surface area contributed by atoms with Gasteiger partial charge in [-0.05, 0) is 164 Å². The third kappa shape index (κ3) is 8.77. The molecule has 0 fully saturated rings. The monoisotopic (exact) mass is 744 g/mol. The van der Waals surface area contributed by atoms with Gasteiger partial charge in [0.2, 0.25) is 0 Å². The summed E-state index contributed by atoms with van der Waals surface area (Å²) in [6.45, 7) is 2.98. The van der Waals surface area contributed by atoms with E-state index in [2.05, 4.69) is 149 Å². The number of rotatable bonds is 14. The maximum absolute atomic E-state index is 6.10. The first-order valence-corrected chi connectivity index (χ1v) is 19.2. The number of hydrogen-bond acceptors (Lipinski definition) is 6. The molecular formula is C51H44N4O2. The van der Waals surface area contributed by atoms with E-state index < -0.39 is 0 Å². The number of nitrogens with one attached hydrogen (secondary N) is 2. The van der Waals surface area contributed by atoms with Crippen LogP contribution < -0.4 is 29.9 Å². The lowest BCUT2D eigenvalue weighted by Crippen LogP contribution is -2.10. The molecule has 6 heteroatoms. The molecular weight excluding hydrogens is 701 g/mol. The van der Waals surface area contributed by atoms with Crippen LogP contribution in [0.4, 0.5) is 45.5 Å². The van der Waals surface area contributed by atoms with Gasteiger partial charge in [-0.1, -0.05) is 60.7 Å². The fourth-order valence-electron chi connectivity index (χ4n) is 6.79. The normalized spacial score (nSPS) is 10.7. The summed E-state index contributed by atoms with van der Waals surface area (Å²) < 4.78 is 12.2. The Morgan fingerprint density at radius 2 is 0.649 bits per heavy atom. The molecule has 2 N–H and O–H groups in total. The minimum absolute atomic E-state index is 0.785. The summed E-state index contributed by atoms with van der Waals surface area (Å²) in [6, 6.07) is 70.7. The molecule has 280 valence electrons. The Labute approximate surface area is 335 Å². The van der Waals surface area contributed by atoms with Crippen molar-refractivity contribution < 1.29 is 9.47 Å². The van der Waals surface area contributed by atoms with Crippen molar-refractivity contribution in [1.82, 2.24) is 0 Å². The first kappa shape index (κ1) is 36.5. The highest BCUT2D eigenvalue weighted by molar-refractivity contribution is 5.81. The number of hydrogen-bond donors (Lipinski definition) is 2. The van der Waals surface area contributed by atoms with Crippen LogP contribution in [0.2, 0.25) is 0 Å². The van der Waals surface area contributed by atoms with Crippen LogP contribution in [0, 0.1) is 0 Å². The molecule has 0 heterocycles. The Morgan fingerprint density at radius 3 is 0.982 bits per heavy atom. The van der Waals surface area contributed by atoms with Gasteiger partial charge in [0.15, 0.2) is 0 Å². The average molecular weight is 745 g/mol. The number of ether oxygens (including phenoxy) is 2. The maximum atomic E-state index is 6.10. The average Bonchev–Trinajstić information content (AvgIpc) is 3.27. The molecule has 0 atom stereocenters. The Kier molecular flexibility index (Phi) is 11.1. The van der Waals surface area contributed by atoms with Crippen LogP contribution in [0.3, 0.4) is 0 Å². The zero-order valence-electron chi connectivity index (χ0n) is 32.0. The van der Waals surface area contributed by atoms with E-state index in [0.29, 0.717) is 0 Å². The highest BCUT2D eigenvalue weighted by atomic mass is 16.5. The van der Waals surface area contributed by atoms with Crippen LogP contribution in [0.15, 0.2) is 206 Å². The quantitative estimate of drug-likeness (QED) is 0.116. The number of benzene rings is 8. The molecule has 8 rings (SSSR count). The summed E-state index contributed by atoms with van der Waals surface area (Å²) in [7, 11) is 1.93. The lowest BCUT2D eigenvalue weighted by Gasteiger charge is -2.26. The van der Waals surface area contributed by atoms with Crippen LogP contribution in [-0.2, 0) is 0 Å². The molecule has 8 aromatic rings. The summed E-state index contributed by atoms with van der Waals surface area (Å²) in [4.78, 5) is 4.52. The van der Waals surface area contributed by atoms with E-state index in [9.17, 15) is 0 Å². The van der Waals surface area contributed by atoms with Crippen molar-refractivity contribution in [3.63, 3.8) is 0 Å². The topological polar surface area (TPSA) is 49.0 Å². The largest absolute Gasteiger partial charge is 0.457 e. The molecule has 0 saturated heterocycles. The Balaban J connectivity index is 1.06. The van der Waals surface area contributed by atoms with Crippen molar-refractivity contribution in [3.05, 3.63) is 206 Å². The molecule has 0 saturated carbocycles. The van der Waals surface area contributed by atoms with Crippen molar-refractivity contribution in [2.45, 2.75) is 6.92 Å². The van der Waals surface area contributed by atoms with Crippen molar-refractivity contribution >= 4 is 45.5 Å². The van der Waals surface area contributed by atoms with E-state index in [4.69, 9.17) is 9.47 Å². The predicted octanol–water partition coefficient (Wildman–Crippen LogP) is 14.4. The number of para-hydroxylation sites is 2. The minimum atomic E-state index is 0.785. The third-order valence-electron chi connectivity index (χ3n) is 9.65. The van der Waals surface area contributed by atoms with Gasteiger partial charge in [-0.3, -0.25) is 0 Å². The van der Waals surface area contributed by atoms with Crippen LogP contribution in [0.1, 0.15) is 6.92 Å².